The van der Waals surface area contributed by atoms with Gasteiger partial charge >= 0.3 is 0 Å². The van der Waals surface area contributed by atoms with E-state index in [4.69, 9.17) is 11.0 Å². The van der Waals surface area contributed by atoms with Crippen LogP contribution in [0.3, 0.4) is 0 Å². The van der Waals surface area contributed by atoms with Crippen molar-refractivity contribution in [2.45, 2.75) is 6.92 Å². The van der Waals surface area contributed by atoms with Gasteiger partial charge in [0, 0.05) is 16.8 Å². The Labute approximate surface area is 107 Å². The summed E-state index contributed by atoms with van der Waals surface area (Å²) >= 11 is 0. The number of hydrogen-bond acceptors (Lipinski definition) is 2. The molecule has 2 N–H and O–H groups in total. The van der Waals surface area contributed by atoms with Gasteiger partial charge in [0.1, 0.15) is 0 Å². The number of nitriles is 1. The normalized spacial score (nSPS) is 9.11. The molecule has 86 valence electrons. The predicted molar refractivity (Wildman–Crippen MR) is 72.7 cm³/mol. The molecule has 0 aliphatic carbocycles. The molecular formula is C16H12N2. The second-order valence-corrected chi connectivity index (χ2v) is 4.01. The number of benzene rings is 2. The van der Waals surface area contributed by atoms with Gasteiger partial charge in [-0.1, -0.05) is 17.9 Å². The van der Waals surface area contributed by atoms with Crippen molar-refractivity contribution in [2.75, 3.05) is 5.73 Å². The molecule has 0 atom stereocenters. The number of hydrogen-bond donors (Lipinski definition) is 1. The third-order valence-corrected chi connectivity index (χ3v) is 2.62. The largest absolute Gasteiger partial charge is 0.399 e. The van der Waals surface area contributed by atoms with Gasteiger partial charge in [-0.2, -0.15) is 5.26 Å². The van der Waals surface area contributed by atoms with E-state index >= 15 is 0 Å². The van der Waals surface area contributed by atoms with Crippen molar-refractivity contribution in [3.05, 3.63) is 64.7 Å². The third-order valence-electron chi connectivity index (χ3n) is 2.62. The lowest BCUT2D eigenvalue weighted by atomic mass is 10.1. The molecule has 2 rings (SSSR count). The van der Waals surface area contributed by atoms with Crippen LogP contribution in [-0.2, 0) is 0 Å². The molecule has 0 bridgehead atoms. The molecule has 0 fully saturated rings. The van der Waals surface area contributed by atoms with Crippen LogP contribution in [0, 0.1) is 30.1 Å². The zero-order valence-electron chi connectivity index (χ0n) is 10.1. The summed E-state index contributed by atoms with van der Waals surface area (Å²) in [5, 5.41) is 8.70. The van der Waals surface area contributed by atoms with E-state index in [1.807, 2.05) is 37.3 Å². The van der Waals surface area contributed by atoms with Crippen LogP contribution in [0.2, 0.25) is 0 Å². The first-order valence-electron chi connectivity index (χ1n) is 5.57. The molecule has 0 radical (unpaired) electrons. The topological polar surface area (TPSA) is 49.8 Å². The van der Waals surface area contributed by atoms with Gasteiger partial charge in [0.25, 0.3) is 0 Å². The Hall–Kier alpha value is -2.71. The number of nitrogens with zero attached hydrogens (tertiary/aromatic N) is 1. The zero-order chi connectivity index (χ0) is 13.0. The van der Waals surface area contributed by atoms with Crippen molar-refractivity contribution in [1.82, 2.24) is 0 Å². The summed E-state index contributed by atoms with van der Waals surface area (Å²) in [6, 6.07) is 15.0. The summed E-state index contributed by atoms with van der Waals surface area (Å²) in [4.78, 5) is 0. The van der Waals surface area contributed by atoms with Gasteiger partial charge in [-0.05, 0) is 48.9 Å². The standard InChI is InChI=1S/C16H12N2/c1-12-2-9-16(18)10-15(12)8-7-13-3-5-14(11-17)6-4-13/h2-6,9-10H,18H2,1H3. The number of nitrogens with two attached hydrogens (primary N) is 1. The highest BCUT2D eigenvalue weighted by atomic mass is 14.5. The number of anilines is 1. The van der Waals surface area contributed by atoms with E-state index < -0.39 is 0 Å². The second kappa shape index (κ2) is 5.08. The SMILES string of the molecule is Cc1ccc(N)cc1C#Cc1ccc(C#N)cc1. The Balaban J connectivity index is 2.31. The maximum absolute atomic E-state index is 8.70. The quantitative estimate of drug-likeness (QED) is 0.561. The van der Waals surface area contributed by atoms with Crippen LogP contribution in [0.15, 0.2) is 42.5 Å². The summed E-state index contributed by atoms with van der Waals surface area (Å²) in [7, 11) is 0. The monoisotopic (exact) mass is 232 g/mol. The molecule has 2 nitrogen and oxygen atoms in total. The molecule has 2 heteroatoms. The second-order valence-electron chi connectivity index (χ2n) is 4.01. The van der Waals surface area contributed by atoms with Crippen LogP contribution in [-0.4, -0.2) is 0 Å². The average molecular weight is 232 g/mol. The summed E-state index contributed by atoms with van der Waals surface area (Å²) in [6.45, 7) is 2.00. The summed E-state index contributed by atoms with van der Waals surface area (Å²) < 4.78 is 0. The van der Waals surface area contributed by atoms with Crippen LogP contribution in [0.4, 0.5) is 5.69 Å². The molecule has 0 spiro atoms. The van der Waals surface area contributed by atoms with E-state index in [2.05, 4.69) is 17.9 Å². The third kappa shape index (κ3) is 2.70. The number of aryl methyl sites for hydroxylation is 1. The lowest BCUT2D eigenvalue weighted by Crippen LogP contribution is -1.88. The van der Waals surface area contributed by atoms with Gasteiger partial charge in [0.2, 0.25) is 0 Å². The number of rotatable bonds is 0. The van der Waals surface area contributed by atoms with Crippen LogP contribution in [0.1, 0.15) is 22.3 Å². The van der Waals surface area contributed by atoms with E-state index in [-0.39, 0.29) is 0 Å². The van der Waals surface area contributed by atoms with Gasteiger partial charge < -0.3 is 5.73 Å². The molecule has 2 aromatic rings. The zero-order valence-corrected chi connectivity index (χ0v) is 10.1. The van der Waals surface area contributed by atoms with E-state index in [0.717, 1.165) is 16.7 Å². The Morgan fingerprint density at radius 2 is 1.61 bits per heavy atom. The fourth-order valence-corrected chi connectivity index (χ4v) is 1.54. The Morgan fingerprint density at radius 3 is 2.28 bits per heavy atom. The van der Waals surface area contributed by atoms with Crippen LogP contribution in [0.25, 0.3) is 0 Å². The molecule has 18 heavy (non-hydrogen) atoms. The van der Waals surface area contributed by atoms with E-state index in [1.54, 1.807) is 12.1 Å². The van der Waals surface area contributed by atoms with Gasteiger partial charge in [-0.3, -0.25) is 0 Å². The minimum atomic E-state index is 0.640. The van der Waals surface area contributed by atoms with E-state index in [0.29, 0.717) is 11.3 Å². The fourth-order valence-electron chi connectivity index (χ4n) is 1.54. The highest BCUT2D eigenvalue weighted by molar-refractivity contribution is 5.53. The molecule has 0 saturated heterocycles. The van der Waals surface area contributed by atoms with Crippen LogP contribution < -0.4 is 5.73 Å². The van der Waals surface area contributed by atoms with Gasteiger partial charge in [-0.25, -0.2) is 0 Å². The van der Waals surface area contributed by atoms with Gasteiger partial charge in [-0.15, -0.1) is 0 Å². The minimum Gasteiger partial charge on any atom is -0.399 e. The first-order valence-corrected chi connectivity index (χ1v) is 5.57. The first kappa shape index (κ1) is 11.8. The van der Waals surface area contributed by atoms with E-state index in [9.17, 15) is 0 Å². The maximum Gasteiger partial charge on any atom is 0.0991 e. The summed E-state index contributed by atoms with van der Waals surface area (Å²) in [5.41, 5.74) is 10.00. The molecule has 0 saturated carbocycles. The van der Waals surface area contributed by atoms with Crippen molar-refractivity contribution >= 4 is 5.69 Å². The molecule has 0 aliphatic heterocycles. The molecule has 0 unspecified atom stereocenters. The van der Waals surface area contributed by atoms with E-state index in [1.165, 1.54) is 0 Å². The first-order chi connectivity index (χ1) is 8.69. The Morgan fingerprint density at radius 1 is 0.944 bits per heavy atom. The maximum atomic E-state index is 8.70. The molecule has 2 aromatic carbocycles. The Kier molecular flexibility index (Phi) is 3.32. The van der Waals surface area contributed by atoms with Crippen molar-refractivity contribution in [3.63, 3.8) is 0 Å². The minimum absolute atomic E-state index is 0.640. The lowest BCUT2D eigenvalue weighted by Gasteiger charge is -1.99. The average Bonchev–Trinajstić information content (AvgIpc) is 2.40. The van der Waals surface area contributed by atoms with Crippen molar-refractivity contribution in [2.24, 2.45) is 0 Å². The van der Waals surface area contributed by atoms with Crippen LogP contribution >= 0.6 is 0 Å². The number of nitrogen functional groups attached to an aromatic ring is 1. The predicted octanol–water partition coefficient (Wildman–Crippen LogP) is 2.85. The fraction of sp³-hybridized carbons (Fsp3) is 0.0625. The molecular weight excluding hydrogens is 220 g/mol. The van der Waals surface area contributed by atoms with Gasteiger partial charge in [0.15, 0.2) is 0 Å². The molecule has 0 amide bonds. The van der Waals surface area contributed by atoms with Crippen molar-refractivity contribution < 1.29 is 0 Å². The summed E-state index contributed by atoms with van der Waals surface area (Å²) in [6.07, 6.45) is 0. The molecule has 0 heterocycles. The highest BCUT2D eigenvalue weighted by Gasteiger charge is 1.95. The van der Waals surface area contributed by atoms with Crippen LogP contribution in [0.5, 0.6) is 0 Å². The smallest absolute Gasteiger partial charge is 0.0991 e. The van der Waals surface area contributed by atoms with Crippen molar-refractivity contribution in [1.29, 1.82) is 5.26 Å². The van der Waals surface area contributed by atoms with Gasteiger partial charge in [0.05, 0.1) is 11.6 Å². The lowest BCUT2D eigenvalue weighted by molar-refractivity contribution is 1.44. The Bertz CT molecular complexity index is 665. The molecule has 0 aromatic heterocycles. The summed E-state index contributed by atoms with van der Waals surface area (Å²) in [5.74, 6) is 6.16. The van der Waals surface area contributed by atoms with Crippen molar-refractivity contribution in [3.8, 4) is 17.9 Å². The molecule has 0 aliphatic rings. The highest BCUT2D eigenvalue weighted by Crippen LogP contribution is 2.11.